The maximum Gasteiger partial charge on any atom is 0.0699 e. The van der Waals surface area contributed by atoms with Gasteiger partial charge in [0, 0.05) is 16.9 Å². The van der Waals surface area contributed by atoms with Crippen molar-refractivity contribution in [2.24, 2.45) is 16.7 Å². The maximum atomic E-state index is 5.94. The van der Waals surface area contributed by atoms with Gasteiger partial charge in [-0.15, -0.1) is 0 Å². The maximum absolute atomic E-state index is 5.94. The van der Waals surface area contributed by atoms with Gasteiger partial charge < -0.3 is 4.18 Å². The molecule has 2 heteroatoms. The highest BCUT2D eigenvalue weighted by Gasteiger charge is 2.30. The van der Waals surface area contributed by atoms with Gasteiger partial charge in [0.05, 0.1) is 6.10 Å². The molecule has 0 saturated heterocycles. The molecule has 25 heavy (non-hydrogen) atoms. The Hall–Kier alpha value is -0.470. The van der Waals surface area contributed by atoms with Gasteiger partial charge in [0.1, 0.15) is 0 Å². The van der Waals surface area contributed by atoms with Crippen LogP contribution in [-0.2, 0) is 4.18 Å². The molecule has 1 aromatic carbocycles. The van der Waals surface area contributed by atoms with Gasteiger partial charge in [0.15, 0.2) is 0 Å². The van der Waals surface area contributed by atoms with Crippen molar-refractivity contribution < 1.29 is 4.18 Å². The van der Waals surface area contributed by atoms with Gasteiger partial charge in [-0.3, -0.25) is 0 Å². The van der Waals surface area contributed by atoms with E-state index in [0.29, 0.717) is 17.4 Å². The van der Waals surface area contributed by atoms with E-state index < -0.39 is 0 Å². The molecule has 0 N–H and O–H groups in total. The van der Waals surface area contributed by atoms with Crippen molar-refractivity contribution in [3.63, 3.8) is 0 Å². The zero-order valence-electron chi connectivity index (χ0n) is 18.0. The molecule has 2 atom stereocenters. The van der Waals surface area contributed by atoms with E-state index in [2.05, 4.69) is 86.6 Å². The van der Waals surface area contributed by atoms with Gasteiger partial charge >= 0.3 is 0 Å². The van der Waals surface area contributed by atoms with E-state index in [1.807, 2.05) is 0 Å². The van der Waals surface area contributed by atoms with Crippen molar-refractivity contribution >= 4 is 12.0 Å². The van der Waals surface area contributed by atoms with Crippen LogP contribution in [0.1, 0.15) is 93.1 Å². The summed E-state index contributed by atoms with van der Waals surface area (Å²) in [4.78, 5) is 1.20. The van der Waals surface area contributed by atoms with Crippen molar-refractivity contribution in [2.75, 3.05) is 0 Å². The van der Waals surface area contributed by atoms with E-state index in [4.69, 9.17) is 4.18 Å². The average molecular weight is 365 g/mol. The minimum Gasteiger partial charge on any atom is -0.307 e. The van der Waals surface area contributed by atoms with Gasteiger partial charge in [-0.2, -0.15) is 0 Å². The normalized spacial score (nSPS) is 15.4. The minimum atomic E-state index is 0.268. The molecule has 0 radical (unpaired) electrons. The molecule has 144 valence electrons. The molecule has 0 fully saturated rings. The predicted octanol–water partition coefficient (Wildman–Crippen LogP) is 8.10. The van der Waals surface area contributed by atoms with Crippen molar-refractivity contribution in [1.29, 1.82) is 0 Å². The molecule has 0 heterocycles. The third-order valence-electron chi connectivity index (χ3n) is 4.60. The topological polar surface area (TPSA) is 9.23 Å². The zero-order valence-corrected chi connectivity index (χ0v) is 18.8. The number of hydrogen-bond acceptors (Lipinski definition) is 2. The van der Waals surface area contributed by atoms with E-state index in [9.17, 15) is 0 Å². The summed E-state index contributed by atoms with van der Waals surface area (Å²) in [5, 5.41) is 0. The molecule has 0 bridgehead atoms. The first kappa shape index (κ1) is 22.6. The van der Waals surface area contributed by atoms with E-state index in [-0.39, 0.29) is 5.41 Å². The fraction of sp³-hybridized carbons (Fsp3) is 0.739. The molecule has 1 aromatic rings. The van der Waals surface area contributed by atoms with Crippen molar-refractivity contribution in [2.45, 2.75) is 98.5 Å². The molecule has 0 aliphatic rings. The van der Waals surface area contributed by atoms with Crippen molar-refractivity contribution in [3.05, 3.63) is 29.8 Å². The van der Waals surface area contributed by atoms with Crippen LogP contribution in [0, 0.1) is 16.7 Å². The first-order chi connectivity index (χ1) is 11.4. The van der Waals surface area contributed by atoms with Crippen molar-refractivity contribution in [1.82, 2.24) is 0 Å². The third kappa shape index (κ3) is 9.15. The zero-order chi connectivity index (χ0) is 19.3. The van der Waals surface area contributed by atoms with Crippen LogP contribution >= 0.6 is 12.0 Å². The molecule has 0 aliphatic carbocycles. The Morgan fingerprint density at radius 1 is 0.880 bits per heavy atom. The molecule has 0 aliphatic heterocycles. The Balaban J connectivity index is 2.70. The number of rotatable bonds is 8. The predicted molar refractivity (Wildman–Crippen MR) is 113 cm³/mol. The average Bonchev–Trinajstić information content (AvgIpc) is 2.47. The lowest BCUT2D eigenvalue weighted by atomic mass is 9.69. The van der Waals surface area contributed by atoms with Crippen LogP contribution in [0.3, 0.4) is 0 Å². The van der Waals surface area contributed by atoms with E-state index in [0.717, 1.165) is 12.3 Å². The lowest BCUT2D eigenvalue weighted by molar-refractivity contribution is 0.229. The van der Waals surface area contributed by atoms with Crippen LogP contribution in [0.4, 0.5) is 0 Å². The van der Waals surface area contributed by atoms with Gasteiger partial charge in [0.2, 0.25) is 0 Å². The third-order valence-corrected chi connectivity index (χ3v) is 5.49. The second-order valence-electron chi connectivity index (χ2n) is 10.2. The summed E-state index contributed by atoms with van der Waals surface area (Å²) in [5.41, 5.74) is 2.05. The summed E-state index contributed by atoms with van der Waals surface area (Å²) in [6.45, 7) is 20.8. The lowest BCUT2D eigenvalue weighted by Gasteiger charge is -2.36. The fourth-order valence-electron chi connectivity index (χ4n) is 3.05. The Labute approximate surface area is 161 Å². The number of benzene rings is 1. The highest BCUT2D eigenvalue weighted by Crippen LogP contribution is 2.43. The molecule has 0 amide bonds. The quantitative estimate of drug-likeness (QED) is 0.431. The summed E-state index contributed by atoms with van der Waals surface area (Å²) >= 11 is 1.52. The lowest BCUT2D eigenvalue weighted by Crippen LogP contribution is -2.23. The van der Waals surface area contributed by atoms with E-state index in [1.54, 1.807) is 0 Å². The molecule has 0 spiro atoms. The molecular formula is C23H40OS. The monoisotopic (exact) mass is 364 g/mol. The van der Waals surface area contributed by atoms with Crippen LogP contribution in [0.25, 0.3) is 0 Å². The summed E-state index contributed by atoms with van der Waals surface area (Å²) in [5.74, 6) is 1.31. The SMILES string of the molecule is CC(C)CCC(C)OSc1ccc(C(CC(C)(C)C)C(C)(C)C)cc1. The summed E-state index contributed by atoms with van der Waals surface area (Å²) in [6.07, 6.45) is 3.85. The summed E-state index contributed by atoms with van der Waals surface area (Å²) in [7, 11) is 0. The van der Waals surface area contributed by atoms with Crippen LogP contribution in [0.15, 0.2) is 29.2 Å². The van der Waals surface area contributed by atoms with Gasteiger partial charge in [-0.05, 0) is 66.5 Å². The van der Waals surface area contributed by atoms with Gasteiger partial charge in [0.25, 0.3) is 0 Å². The minimum absolute atomic E-state index is 0.268. The van der Waals surface area contributed by atoms with Crippen LogP contribution in [-0.4, -0.2) is 6.10 Å². The molecule has 1 rings (SSSR count). The van der Waals surface area contributed by atoms with E-state index >= 15 is 0 Å². The Kier molecular flexibility index (Phi) is 8.54. The van der Waals surface area contributed by atoms with Crippen molar-refractivity contribution in [3.8, 4) is 0 Å². The summed E-state index contributed by atoms with van der Waals surface area (Å²) in [6, 6.07) is 9.03. The van der Waals surface area contributed by atoms with Gasteiger partial charge in [-0.25, -0.2) is 0 Å². The largest absolute Gasteiger partial charge is 0.307 e. The molecule has 0 saturated carbocycles. The van der Waals surface area contributed by atoms with Crippen LogP contribution in [0.2, 0.25) is 0 Å². The molecule has 2 unspecified atom stereocenters. The standard InChI is InChI=1S/C23H40OS/c1-17(2)10-11-18(3)24-25-20-14-12-19(13-15-20)21(23(7,8)9)16-22(4,5)6/h12-15,17-18,21H,10-11,16H2,1-9H3. The summed E-state index contributed by atoms with van der Waals surface area (Å²) < 4.78 is 5.94. The second kappa shape index (κ2) is 9.46. The molecule has 0 aromatic heterocycles. The first-order valence-corrected chi connectivity index (χ1v) is 10.6. The smallest absolute Gasteiger partial charge is 0.0699 e. The van der Waals surface area contributed by atoms with Gasteiger partial charge in [-0.1, -0.05) is 67.5 Å². The highest BCUT2D eigenvalue weighted by molar-refractivity contribution is 7.94. The molecular weight excluding hydrogens is 324 g/mol. The Morgan fingerprint density at radius 2 is 1.44 bits per heavy atom. The molecule has 1 nitrogen and oxygen atoms in total. The Morgan fingerprint density at radius 3 is 1.88 bits per heavy atom. The van der Waals surface area contributed by atoms with Crippen LogP contribution < -0.4 is 0 Å². The van der Waals surface area contributed by atoms with Crippen LogP contribution in [0.5, 0.6) is 0 Å². The second-order valence-corrected chi connectivity index (χ2v) is 11.0. The first-order valence-electron chi connectivity index (χ1n) is 9.82. The fourth-order valence-corrected chi connectivity index (χ4v) is 3.66. The Bertz CT molecular complexity index is 490. The van der Waals surface area contributed by atoms with E-state index in [1.165, 1.54) is 35.3 Å². The highest BCUT2D eigenvalue weighted by atomic mass is 32.2. The number of hydrogen-bond donors (Lipinski definition) is 0.